The number of hydrogen-bond acceptors (Lipinski definition) is 6. The standard InChI is InChI=1S/C24H18S6/c1-5-25-15(2)18-8-9-19(28-18)16(3)27-17(4)20-10-11-23(29-20)24-13-12-22(30-24)21-7-6-14-26-21/h5-14H,1-4H2. The molecular weight excluding hydrogens is 481 g/mol. The van der Waals surface area contributed by atoms with Gasteiger partial charge in [0.25, 0.3) is 0 Å². The largest absolute Gasteiger partial charge is 0.143 e. The summed E-state index contributed by atoms with van der Waals surface area (Å²) in [4.78, 5) is 11.8. The monoisotopic (exact) mass is 498 g/mol. The van der Waals surface area contributed by atoms with Gasteiger partial charge < -0.3 is 0 Å². The van der Waals surface area contributed by atoms with Crippen LogP contribution in [0.15, 0.2) is 85.6 Å². The fraction of sp³-hybridized carbons (Fsp3) is 0. The quantitative estimate of drug-likeness (QED) is 0.225. The summed E-state index contributed by atoms with van der Waals surface area (Å²) >= 11 is 10.3. The molecule has 150 valence electrons. The highest BCUT2D eigenvalue weighted by Gasteiger charge is 2.13. The van der Waals surface area contributed by atoms with Crippen molar-refractivity contribution in [3.63, 3.8) is 0 Å². The van der Waals surface area contributed by atoms with Crippen LogP contribution in [0.1, 0.15) is 14.6 Å². The summed E-state index contributed by atoms with van der Waals surface area (Å²) in [5.41, 5.74) is 0. The average Bonchev–Trinajstić information content (AvgIpc) is 3.54. The molecule has 0 nitrogen and oxygen atoms in total. The van der Waals surface area contributed by atoms with E-state index in [1.165, 1.54) is 24.4 Å². The maximum Gasteiger partial charge on any atom is 0.0449 e. The molecule has 0 amide bonds. The van der Waals surface area contributed by atoms with Crippen LogP contribution in [0.3, 0.4) is 0 Å². The van der Waals surface area contributed by atoms with E-state index in [9.17, 15) is 0 Å². The zero-order chi connectivity index (χ0) is 21.1. The van der Waals surface area contributed by atoms with Gasteiger partial charge in [0.2, 0.25) is 0 Å². The Morgan fingerprint density at radius 3 is 1.90 bits per heavy atom. The lowest BCUT2D eigenvalue weighted by atomic mass is 10.3. The first kappa shape index (κ1) is 21.7. The fourth-order valence-electron chi connectivity index (χ4n) is 2.69. The van der Waals surface area contributed by atoms with Crippen LogP contribution in [-0.2, 0) is 0 Å². The third kappa shape index (κ3) is 4.85. The summed E-state index contributed by atoms with van der Waals surface area (Å²) < 4.78 is 0. The van der Waals surface area contributed by atoms with Crippen molar-refractivity contribution in [1.29, 1.82) is 0 Å². The van der Waals surface area contributed by atoms with E-state index >= 15 is 0 Å². The van der Waals surface area contributed by atoms with Gasteiger partial charge in [-0.15, -0.1) is 45.3 Å². The van der Waals surface area contributed by atoms with Gasteiger partial charge in [0, 0.05) is 48.9 Å². The third-order valence-electron chi connectivity index (χ3n) is 4.12. The Kier molecular flexibility index (Phi) is 7.03. The highest BCUT2D eigenvalue weighted by molar-refractivity contribution is 8.16. The average molecular weight is 499 g/mol. The zero-order valence-electron chi connectivity index (χ0n) is 16.1. The predicted molar refractivity (Wildman–Crippen MR) is 148 cm³/mol. The van der Waals surface area contributed by atoms with Crippen molar-refractivity contribution in [3.05, 3.63) is 100 Å². The highest BCUT2D eigenvalue weighted by Crippen LogP contribution is 2.45. The van der Waals surface area contributed by atoms with E-state index in [1.807, 2.05) is 11.3 Å². The van der Waals surface area contributed by atoms with Crippen molar-refractivity contribution in [2.45, 2.75) is 0 Å². The van der Waals surface area contributed by atoms with E-state index in [2.05, 4.69) is 80.2 Å². The number of thiophene rings is 4. The summed E-state index contributed by atoms with van der Waals surface area (Å²) in [6, 6.07) is 17.3. The number of thioether (sulfide) groups is 2. The van der Waals surface area contributed by atoms with E-state index in [4.69, 9.17) is 0 Å². The van der Waals surface area contributed by atoms with Crippen LogP contribution in [0.4, 0.5) is 0 Å². The molecular formula is C24H18S6. The van der Waals surface area contributed by atoms with Gasteiger partial charge in [0.05, 0.1) is 0 Å². The summed E-state index contributed by atoms with van der Waals surface area (Å²) in [6.07, 6.45) is 0. The van der Waals surface area contributed by atoms with Crippen LogP contribution in [0.5, 0.6) is 0 Å². The molecule has 30 heavy (non-hydrogen) atoms. The maximum atomic E-state index is 4.30. The molecule has 0 bridgehead atoms. The van der Waals surface area contributed by atoms with Gasteiger partial charge in [-0.2, -0.15) is 0 Å². The molecule has 4 rings (SSSR count). The van der Waals surface area contributed by atoms with Gasteiger partial charge in [0.1, 0.15) is 0 Å². The molecule has 0 spiro atoms. The Morgan fingerprint density at radius 2 is 1.23 bits per heavy atom. The lowest BCUT2D eigenvalue weighted by Gasteiger charge is -2.04. The zero-order valence-corrected chi connectivity index (χ0v) is 21.0. The van der Waals surface area contributed by atoms with Gasteiger partial charge in [-0.05, 0) is 53.3 Å². The third-order valence-corrected chi connectivity index (χ3v) is 10.8. The van der Waals surface area contributed by atoms with E-state index in [-0.39, 0.29) is 0 Å². The normalized spacial score (nSPS) is 10.8. The maximum absolute atomic E-state index is 4.30. The minimum Gasteiger partial charge on any atom is -0.143 e. The molecule has 0 N–H and O–H groups in total. The smallest absolute Gasteiger partial charge is 0.0449 e. The minimum absolute atomic E-state index is 1.01. The minimum atomic E-state index is 1.01. The van der Waals surface area contributed by atoms with Gasteiger partial charge in [-0.25, -0.2) is 0 Å². The first-order valence-corrected chi connectivity index (χ1v) is 13.9. The van der Waals surface area contributed by atoms with Crippen LogP contribution < -0.4 is 0 Å². The van der Waals surface area contributed by atoms with Crippen molar-refractivity contribution in [2.24, 2.45) is 0 Å². The van der Waals surface area contributed by atoms with Crippen molar-refractivity contribution in [3.8, 4) is 19.5 Å². The molecule has 0 radical (unpaired) electrons. The summed E-state index contributed by atoms with van der Waals surface area (Å²) in [6.45, 7) is 16.4. The van der Waals surface area contributed by atoms with Gasteiger partial charge in [-0.3, -0.25) is 0 Å². The molecule has 4 aromatic heterocycles. The highest BCUT2D eigenvalue weighted by atomic mass is 32.2. The van der Waals surface area contributed by atoms with Crippen molar-refractivity contribution in [1.82, 2.24) is 0 Å². The second-order valence-corrected chi connectivity index (χ2v) is 12.6. The van der Waals surface area contributed by atoms with Crippen molar-refractivity contribution >= 4 is 83.6 Å². The topological polar surface area (TPSA) is 0 Å². The fourth-order valence-corrected chi connectivity index (χ4v) is 8.02. The number of hydrogen-bond donors (Lipinski definition) is 0. The molecule has 6 heteroatoms. The Labute approximate surface area is 202 Å². The summed E-state index contributed by atoms with van der Waals surface area (Å²) in [7, 11) is 0. The van der Waals surface area contributed by atoms with Gasteiger partial charge in [0.15, 0.2) is 0 Å². The molecule has 4 heterocycles. The predicted octanol–water partition coefficient (Wildman–Crippen LogP) is 10.5. The molecule has 0 saturated heterocycles. The van der Waals surface area contributed by atoms with Crippen LogP contribution in [0.25, 0.3) is 34.2 Å². The Morgan fingerprint density at radius 1 is 0.667 bits per heavy atom. The lowest BCUT2D eigenvalue weighted by Crippen LogP contribution is -1.73. The Balaban J connectivity index is 1.44. The lowest BCUT2D eigenvalue weighted by molar-refractivity contribution is 1.90. The van der Waals surface area contributed by atoms with Crippen molar-refractivity contribution in [2.75, 3.05) is 0 Å². The first-order valence-electron chi connectivity index (χ1n) is 8.92. The molecule has 4 aromatic rings. The van der Waals surface area contributed by atoms with Gasteiger partial charge >= 0.3 is 0 Å². The second-order valence-electron chi connectivity index (χ2n) is 6.13. The molecule has 0 unspecified atom stereocenters. The van der Waals surface area contributed by atoms with Crippen LogP contribution >= 0.6 is 68.9 Å². The van der Waals surface area contributed by atoms with E-state index in [1.54, 1.807) is 62.9 Å². The summed E-state index contributed by atoms with van der Waals surface area (Å²) in [5, 5.41) is 3.93. The van der Waals surface area contributed by atoms with E-state index in [0.717, 1.165) is 24.5 Å². The molecule has 0 aliphatic carbocycles. The first-order chi connectivity index (χ1) is 14.5. The molecule has 0 saturated carbocycles. The second kappa shape index (κ2) is 9.73. The van der Waals surface area contributed by atoms with Crippen LogP contribution in [0.2, 0.25) is 0 Å². The van der Waals surface area contributed by atoms with Crippen LogP contribution in [0, 0.1) is 0 Å². The number of rotatable bonds is 9. The summed E-state index contributed by atoms with van der Waals surface area (Å²) in [5.74, 6) is 0. The van der Waals surface area contributed by atoms with Gasteiger partial charge in [-0.1, -0.05) is 55.9 Å². The van der Waals surface area contributed by atoms with Crippen molar-refractivity contribution < 1.29 is 0 Å². The molecule has 0 fully saturated rings. The molecule has 0 aliphatic heterocycles. The Hall–Kier alpha value is -1.54. The molecule has 0 aliphatic rings. The molecule has 0 atom stereocenters. The molecule has 0 aromatic carbocycles. The Bertz CT molecular complexity index is 1210. The van der Waals surface area contributed by atoms with E-state index < -0.39 is 0 Å². The SMILES string of the molecule is C=CSC(=C)c1ccc(C(=C)SC(=C)c2ccc(-c3ccc(-c4cccs4)s3)s2)s1. The van der Waals surface area contributed by atoms with Crippen LogP contribution in [-0.4, -0.2) is 0 Å². The van der Waals surface area contributed by atoms with E-state index in [0.29, 0.717) is 0 Å².